The molecule has 3 N–H and O–H groups in total. The third kappa shape index (κ3) is 3.08. The lowest BCUT2D eigenvalue weighted by Gasteiger charge is -2.10. The predicted octanol–water partition coefficient (Wildman–Crippen LogP) is 3.43. The molecule has 0 saturated heterocycles. The monoisotopic (exact) mass is 338 g/mol. The lowest BCUT2D eigenvalue weighted by Crippen LogP contribution is -2.14. The first-order chi connectivity index (χ1) is 9.51. The van der Waals surface area contributed by atoms with Gasteiger partial charge in [0.15, 0.2) is 0 Å². The maximum absolute atomic E-state index is 13.0. The number of nitrogens with one attached hydrogen (secondary N) is 1. The molecule has 0 bridgehead atoms. The Morgan fingerprint density at radius 3 is 2.70 bits per heavy atom. The molecular weight excluding hydrogens is 327 g/mol. The fraction of sp³-hybridized carbons (Fsp3) is 0.0714. The highest BCUT2D eigenvalue weighted by molar-refractivity contribution is 9.10. The number of carbonyl (C=O) groups is 1. The summed E-state index contributed by atoms with van der Waals surface area (Å²) in [6.07, 6.45) is 0. The minimum atomic E-state index is -0.485. The van der Waals surface area contributed by atoms with Gasteiger partial charge in [-0.2, -0.15) is 0 Å². The quantitative estimate of drug-likeness (QED) is 0.842. The Labute approximate surface area is 123 Å². The van der Waals surface area contributed by atoms with Crippen LogP contribution in [0.4, 0.5) is 15.8 Å². The van der Waals surface area contributed by atoms with E-state index < -0.39 is 11.7 Å². The molecule has 0 saturated carbocycles. The molecule has 0 atom stereocenters. The van der Waals surface area contributed by atoms with Crippen molar-refractivity contribution in [1.29, 1.82) is 0 Å². The Kier molecular flexibility index (Phi) is 4.24. The first-order valence-electron chi connectivity index (χ1n) is 5.71. The summed E-state index contributed by atoms with van der Waals surface area (Å²) < 4.78 is 18.8. The van der Waals surface area contributed by atoms with Crippen molar-refractivity contribution in [2.24, 2.45) is 0 Å². The van der Waals surface area contributed by atoms with E-state index in [-0.39, 0.29) is 11.3 Å². The Bertz CT molecular complexity index is 662. The number of anilines is 2. The van der Waals surface area contributed by atoms with Crippen LogP contribution in [0.5, 0.6) is 5.75 Å². The highest BCUT2D eigenvalue weighted by Gasteiger charge is 2.12. The van der Waals surface area contributed by atoms with E-state index in [9.17, 15) is 9.18 Å². The van der Waals surface area contributed by atoms with Gasteiger partial charge < -0.3 is 15.8 Å². The first-order valence-corrected chi connectivity index (χ1v) is 6.50. The fourth-order valence-corrected chi connectivity index (χ4v) is 2.00. The lowest BCUT2D eigenvalue weighted by molar-refractivity contribution is 0.102. The number of halogens is 2. The van der Waals surface area contributed by atoms with Crippen LogP contribution in [0.1, 0.15) is 10.4 Å². The number of ether oxygens (including phenoxy) is 1. The van der Waals surface area contributed by atoms with Gasteiger partial charge in [-0.3, -0.25) is 4.79 Å². The summed E-state index contributed by atoms with van der Waals surface area (Å²) in [6, 6.07) is 8.81. The molecule has 4 nitrogen and oxygen atoms in total. The largest absolute Gasteiger partial charge is 0.497 e. The van der Waals surface area contributed by atoms with Crippen LogP contribution >= 0.6 is 15.9 Å². The zero-order chi connectivity index (χ0) is 14.7. The van der Waals surface area contributed by atoms with Crippen molar-refractivity contribution < 1.29 is 13.9 Å². The summed E-state index contributed by atoms with van der Waals surface area (Å²) >= 11 is 3.33. The minimum absolute atomic E-state index is 0.0847. The molecule has 0 aliphatic carbocycles. The summed E-state index contributed by atoms with van der Waals surface area (Å²) in [5, 5.41) is 2.69. The van der Waals surface area contributed by atoms with Gasteiger partial charge in [-0.25, -0.2) is 4.39 Å². The molecule has 0 aliphatic rings. The Hall–Kier alpha value is -2.08. The summed E-state index contributed by atoms with van der Waals surface area (Å²) in [4.78, 5) is 12.1. The summed E-state index contributed by atoms with van der Waals surface area (Å²) in [6.45, 7) is 0. The van der Waals surface area contributed by atoms with Gasteiger partial charge in [0.25, 0.3) is 5.91 Å². The highest BCUT2D eigenvalue weighted by atomic mass is 79.9. The second-order valence-electron chi connectivity index (χ2n) is 4.03. The van der Waals surface area contributed by atoms with Gasteiger partial charge >= 0.3 is 0 Å². The van der Waals surface area contributed by atoms with Crippen LogP contribution in [-0.2, 0) is 0 Å². The molecule has 0 aromatic heterocycles. The van der Waals surface area contributed by atoms with E-state index in [1.165, 1.54) is 19.2 Å². The number of carbonyl (C=O) groups excluding carboxylic acids is 1. The molecule has 0 aliphatic heterocycles. The molecule has 2 aromatic rings. The number of hydrogen-bond donors (Lipinski definition) is 2. The van der Waals surface area contributed by atoms with Crippen LogP contribution in [-0.4, -0.2) is 13.0 Å². The van der Waals surface area contributed by atoms with Crippen LogP contribution in [0.3, 0.4) is 0 Å². The van der Waals surface area contributed by atoms with Crippen molar-refractivity contribution in [3.05, 3.63) is 52.3 Å². The van der Waals surface area contributed by atoms with Crippen molar-refractivity contribution in [2.45, 2.75) is 0 Å². The van der Waals surface area contributed by atoms with Gasteiger partial charge in [-0.15, -0.1) is 0 Å². The van der Waals surface area contributed by atoms with Gasteiger partial charge in [0.05, 0.1) is 18.4 Å². The minimum Gasteiger partial charge on any atom is -0.497 e. The average molecular weight is 339 g/mol. The Balaban J connectivity index is 2.27. The van der Waals surface area contributed by atoms with E-state index in [4.69, 9.17) is 10.5 Å². The standard InChI is InChI=1S/C14H12BrFN2O2/c1-20-9-3-5-11(15)13(7-9)18-14(19)10-4-2-8(16)6-12(10)17/h2-7H,17H2,1H3,(H,18,19). The van der Waals surface area contributed by atoms with Crippen molar-refractivity contribution in [1.82, 2.24) is 0 Å². The second-order valence-corrected chi connectivity index (χ2v) is 4.89. The van der Waals surface area contributed by atoms with Crippen LogP contribution in [0.15, 0.2) is 40.9 Å². The summed E-state index contributed by atoms with van der Waals surface area (Å²) in [5.41, 5.74) is 6.47. The number of nitrogens with two attached hydrogens (primary N) is 1. The predicted molar refractivity (Wildman–Crippen MR) is 79.5 cm³/mol. The molecule has 20 heavy (non-hydrogen) atoms. The second kappa shape index (κ2) is 5.92. The average Bonchev–Trinajstić information content (AvgIpc) is 2.41. The van der Waals surface area contributed by atoms with E-state index in [1.807, 2.05) is 0 Å². The molecule has 0 spiro atoms. The third-order valence-electron chi connectivity index (χ3n) is 2.68. The number of hydrogen-bond acceptors (Lipinski definition) is 3. The number of rotatable bonds is 3. The van der Waals surface area contributed by atoms with Gasteiger partial charge in [0, 0.05) is 16.2 Å². The van der Waals surface area contributed by atoms with Gasteiger partial charge in [0.2, 0.25) is 0 Å². The van der Waals surface area contributed by atoms with Crippen LogP contribution in [0, 0.1) is 5.82 Å². The SMILES string of the molecule is COc1ccc(Br)c(NC(=O)c2ccc(F)cc2N)c1. The van der Waals surface area contributed by atoms with E-state index in [0.717, 1.165) is 6.07 Å². The highest BCUT2D eigenvalue weighted by Crippen LogP contribution is 2.28. The molecule has 6 heteroatoms. The molecule has 0 radical (unpaired) electrons. The Morgan fingerprint density at radius 1 is 1.30 bits per heavy atom. The van der Waals surface area contributed by atoms with Crippen LogP contribution in [0.25, 0.3) is 0 Å². The molecule has 0 unspecified atom stereocenters. The lowest BCUT2D eigenvalue weighted by atomic mass is 10.1. The molecular formula is C14H12BrFN2O2. The van der Waals surface area contributed by atoms with E-state index in [2.05, 4.69) is 21.2 Å². The first kappa shape index (κ1) is 14.3. The molecule has 1 amide bonds. The maximum atomic E-state index is 13.0. The van der Waals surface area contributed by atoms with E-state index in [0.29, 0.717) is 15.9 Å². The number of nitrogen functional groups attached to an aromatic ring is 1. The fourth-order valence-electron chi connectivity index (χ4n) is 1.66. The molecule has 2 aromatic carbocycles. The zero-order valence-corrected chi connectivity index (χ0v) is 12.2. The van der Waals surface area contributed by atoms with Gasteiger partial charge in [-0.05, 0) is 46.3 Å². The van der Waals surface area contributed by atoms with Crippen LogP contribution in [0.2, 0.25) is 0 Å². The van der Waals surface area contributed by atoms with Crippen LogP contribution < -0.4 is 15.8 Å². The van der Waals surface area contributed by atoms with Crippen molar-refractivity contribution >= 4 is 33.2 Å². The zero-order valence-electron chi connectivity index (χ0n) is 10.6. The Morgan fingerprint density at radius 2 is 2.05 bits per heavy atom. The normalized spacial score (nSPS) is 10.2. The number of benzene rings is 2. The van der Waals surface area contributed by atoms with Gasteiger partial charge in [0.1, 0.15) is 11.6 Å². The number of methoxy groups -OCH3 is 1. The summed E-state index contributed by atoms with van der Waals surface area (Å²) in [7, 11) is 1.53. The maximum Gasteiger partial charge on any atom is 0.257 e. The van der Waals surface area contributed by atoms with Crippen molar-refractivity contribution in [2.75, 3.05) is 18.2 Å². The molecule has 0 fully saturated rings. The van der Waals surface area contributed by atoms with E-state index >= 15 is 0 Å². The molecule has 2 rings (SSSR count). The topological polar surface area (TPSA) is 64.3 Å². The van der Waals surface area contributed by atoms with Crippen molar-refractivity contribution in [3.63, 3.8) is 0 Å². The van der Waals surface area contributed by atoms with Gasteiger partial charge in [-0.1, -0.05) is 0 Å². The summed E-state index contributed by atoms with van der Waals surface area (Å²) in [5.74, 6) is -0.298. The molecule has 0 heterocycles. The molecule has 104 valence electrons. The smallest absolute Gasteiger partial charge is 0.257 e. The van der Waals surface area contributed by atoms with E-state index in [1.54, 1.807) is 18.2 Å². The number of amides is 1. The van der Waals surface area contributed by atoms with Crippen molar-refractivity contribution in [3.8, 4) is 5.75 Å². The third-order valence-corrected chi connectivity index (χ3v) is 3.37.